The molecule has 1 aromatic rings. The topological polar surface area (TPSA) is 26.3 Å². The molecule has 0 spiro atoms. The van der Waals surface area contributed by atoms with Crippen molar-refractivity contribution in [3.05, 3.63) is 41.5 Å². The molecule has 2 nitrogen and oxygen atoms in total. The average molecular weight is 230 g/mol. The van der Waals surface area contributed by atoms with Gasteiger partial charge >= 0.3 is 0 Å². The van der Waals surface area contributed by atoms with E-state index in [0.717, 1.165) is 11.1 Å². The van der Waals surface area contributed by atoms with Crippen LogP contribution in [-0.4, -0.2) is 17.0 Å². The van der Waals surface area contributed by atoms with Crippen LogP contribution in [0.3, 0.4) is 0 Å². The average Bonchev–Trinajstić information content (AvgIpc) is 2.38. The molecule has 0 aromatic heterocycles. The van der Waals surface area contributed by atoms with Crippen LogP contribution in [-0.2, 0) is 9.53 Å². The van der Waals surface area contributed by atoms with Crippen molar-refractivity contribution in [3.8, 4) is 0 Å². The molecular formula is C15H18O2. The van der Waals surface area contributed by atoms with Gasteiger partial charge in [0.1, 0.15) is 5.60 Å². The van der Waals surface area contributed by atoms with Gasteiger partial charge in [-0.05, 0) is 39.3 Å². The van der Waals surface area contributed by atoms with Crippen molar-refractivity contribution >= 4 is 11.9 Å². The number of hydrogen-bond acceptors (Lipinski definition) is 2. The predicted molar refractivity (Wildman–Crippen MR) is 68.7 cm³/mol. The Morgan fingerprint density at radius 2 is 1.59 bits per heavy atom. The van der Waals surface area contributed by atoms with Crippen LogP contribution in [0.25, 0.3) is 6.08 Å². The Morgan fingerprint density at radius 1 is 1.00 bits per heavy atom. The number of hydrogen-bond donors (Lipinski definition) is 0. The summed E-state index contributed by atoms with van der Waals surface area (Å²) in [6, 6.07) is 9.86. The van der Waals surface area contributed by atoms with E-state index in [-0.39, 0.29) is 5.78 Å². The molecule has 1 fully saturated rings. The third-order valence-corrected chi connectivity index (χ3v) is 3.06. The van der Waals surface area contributed by atoms with E-state index in [1.807, 2.05) is 64.1 Å². The fourth-order valence-electron chi connectivity index (χ4n) is 2.29. The first kappa shape index (κ1) is 12.1. The number of ether oxygens (including phenoxy) is 1. The minimum Gasteiger partial charge on any atom is -0.357 e. The van der Waals surface area contributed by atoms with Gasteiger partial charge in [-0.3, -0.25) is 4.79 Å². The standard InChI is InChI=1S/C15H18O2/c1-14(2)12(13(16)15(3,4)17-14)10-11-8-6-5-7-9-11/h5-10H,1-4H3/b12-10+. The first-order valence-electron chi connectivity index (χ1n) is 5.85. The van der Waals surface area contributed by atoms with Crippen molar-refractivity contribution in [2.45, 2.75) is 38.9 Å². The van der Waals surface area contributed by atoms with Crippen molar-refractivity contribution in [2.24, 2.45) is 0 Å². The summed E-state index contributed by atoms with van der Waals surface area (Å²) in [5.41, 5.74) is 0.541. The van der Waals surface area contributed by atoms with E-state index in [9.17, 15) is 4.79 Å². The van der Waals surface area contributed by atoms with Gasteiger partial charge in [0.15, 0.2) is 5.78 Å². The summed E-state index contributed by atoms with van der Waals surface area (Å²) in [7, 11) is 0. The molecule has 1 aromatic carbocycles. The molecule has 1 aliphatic heterocycles. The first-order valence-corrected chi connectivity index (χ1v) is 5.85. The van der Waals surface area contributed by atoms with Crippen LogP contribution < -0.4 is 0 Å². The van der Waals surface area contributed by atoms with Crippen LogP contribution in [0.5, 0.6) is 0 Å². The lowest BCUT2D eigenvalue weighted by atomic mass is 9.91. The van der Waals surface area contributed by atoms with Crippen LogP contribution in [0.1, 0.15) is 33.3 Å². The van der Waals surface area contributed by atoms with Crippen LogP contribution in [0.4, 0.5) is 0 Å². The Bertz CT molecular complexity index is 467. The van der Waals surface area contributed by atoms with E-state index in [0.29, 0.717) is 0 Å². The van der Waals surface area contributed by atoms with Gasteiger partial charge in [-0.2, -0.15) is 0 Å². The fraction of sp³-hybridized carbons (Fsp3) is 0.400. The van der Waals surface area contributed by atoms with Gasteiger partial charge in [0, 0.05) is 5.57 Å². The molecule has 1 aliphatic rings. The van der Waals surface area contributed by atoms with Gasteiger partial charge in [0.05, 0.1) is 5.60 Å². The van der Waals surface area contributed by atoms with E-state index < -0.39 is 11.2 Å². The van der Waals surface area contributed by atoms with Crippen LogP contribution in [0, 0.1) is 0 Å². The maximum Gasteiger partial charge on any atom is 0.192 e. The number of carbonyl (C=O) groups excluding carboxylic acids is 1. The normalized spacial score (nSPS) is 24.2. The maximum absolute atomic E-state index is 12.3. The molecule has 0 radical (unpaired) electrons. The summed E-state index contributed by atoms with van der Waals surface area (Å²) in [5, 5.41) is 0. The van der Waals surface area contributed by atoms with Gasteiger partial charge in [0.25, 0.3) is 0 Å². The van der Waals surface area contributed by atoms with Gasteiger partial charge in [-0.25, -0.2) is 0 Å². The molecule has 0 amide bonds. The molecule has 0 N–H and O–H groups in total. The van der Waals surface area contributed by atoms with Crippen molar-refractivity contribution < 1.29 is 9.53 Å². The predicted octanol–water partition coefficient (Wildman–Crippen LogP) is 3.23. The third kappa shape index (κ3) is 2.18. The number of carbonyl (C=O) groups is 1. The lowest BCUT2D eigenvalue weighted by molar-refractivity contribution is -0.132. The van der Waals surface area contributed by atoms with Crippen molar-refractivity contribution in [3.63, 3.8) is 0 Å². The Hall–Kier alpha value is -1.41. The smallest absolute Gasteiger partial charge is 0.192 e. The second kappa shape index (κ2) is 3.81. The second-order valence-electron chi connectivity index (χ2n) is 5.42. The third-order valence-electron chi connectivity index (χ3n) is 3.06. The molecule has 0 saturated carbocycles. The van der Waals surface area contributed by atoms with E-state index in [4.69, 9.17) is 4.74 Å². The number of Topliss-reactive ketones (excluding diaryl/α,β-unsaturated/α-hetero) is 1. The van der Waals surface area contributed by atoms with E-state index in [2.05, 4.69) is 0 Å². The summed E-state index contributed by atoms with van der Waals surface area (Å²) in [4.78, 5) is 12.3. The summed E-state index contributed by atoms with van der Waals surface area (Å²) in [6.45, 7) is 7.52. The minimum atomic E-state index is -0.718. The van der Waals surface area contributed by atoms with Crippen LogP contribution in [0.2, 0.25) is 0 Å². The quantitative estimate of drug-likeness (QED) is 0.692. The highest BCUT2D eigenvalue weighted by atomic mass is 16.5. The number of benzene rings is 1. The highest BCUT2D eigenvalue weighted by molar-refractivity contribution is 6.08. The number of ketones is 1. The first-order chi connectivity index (χ1) is 7.83. The SMILES string of the molecule is CC1(C)OC(C)(C)/C(=C/c2ccccc2)C1=O. The summed E-state index contributed by atoms with van der Waals surface area (Å²) < 4.78 is 5.82. The molecule has 0 bridgehead atoms. The van der Waals surface area contributed by atoms with Gasteiger partial charge in [0.2, 0.25) is 0 Å². The summed E-state index contributed by atoms with van der Waals surface area (Å²) >= 11 is 0. The molecule has 0 atom stereocenters. The van der Waals surface area contributed by atoms with Crippen molar-refractivity contribution in [2.75, 3.05) is 0 Å². The molecule has 1 saturated heterocycles. The lowest BCUT2D eigenvalue weighted by Crippen LogP contribution is -2.29. The summed E-state index contributed by atoms with van der Waals surface area (Å²) in [6.07, 6.45) is 1.93. The zero-order valence-electron chi connectivity index (χ0n) is 10.8. The fourth-order valence-corrected chi connectivity index (χ4v) is 2.29. The Morgan fingerprint density at radius 3 is 2.06 bits per heavy atom. The summed E-state index contributed by atoms with van der Waals surface area (Å²) in [5.74, 6) is 0.0753. The molecule has 1 heterocycles. The lowest BCUT2D eigenvalue weighted by Gasteiger charge is -2.22. The van der Waals surface area contributed by atoms with E-state index >= 15 is 0 Å². The van der Waals surface area contributed by atoms with Gasteiger partial charge in [-0.15, -0.1) is 0 Å². The Labute approximate surface area is 102 Å². The Balaban J connectivity index is 2.45. The molecular weight excluding hydrogens is 212 g/mol. The molecule has 2 heteroatoms. The second-order valence-corrected chi connectivity index (χ2v) is 5.42. The highest BCUT2D eigenvalue weighted by Crippen LogP contribution is 2.39. The Kier molecular flexibility index (Phi) is 2.70. The van der Waals surface area contributed by atoms with Gasteiger partial charge in [-0.1, -0.05) is 30.3 Å². The molecule has 2 rings (SSSR count). The minimum absolute atomic E-state index is 0.0753. The van der Waals surface area contributed by atoms with Crippen LogP contribution >= 0.6 is 0 Å². The molecule has 17 heavy (non-hydrogen) atoms. The van der Waals surface area contributed by atoms with Gasteiger partial charge < -0.3 is 4.74 Å². The monoisotopic (exact) mass is 230 g/mol. The number of rotatable bonds is 1. The molecule has 0 aliphatic carbocycles. The van der Waals surface area contributed by atoms with E-state index in [1.165, 1.54) is 0 Å². The molecule has 90 valence electrons. The van der Waals surface area contributed by atoms with Crippen LogP contribution in [0.15, 0.2) is 35.9 Å². The van der Waals surface area contributed by atoms with Crippen molar-refractivity contribution in [1.29, 1.82) is 0 Å². The molecule has 0 unspecified atom stereocenters. The van der Waals surface area contributed by atoms with E-state index in [1.54, 1.807) is 0 Å². The highest BCUT2D eigenvalue weighted by Gasteiger charge is 2.49. The largest absolute Gasteiger partial charge is 0.357 e. The zero-order valence-corrected chi connectivity index (χ0v) is 10.8. The van der Waals surface area contributed by atoms with Crippen molar-refractivity contribution in [1.82, 2.24) is 0 Å². The maximum atomic E-state index is 12.3. The zero-order chi connectivity index (χ0) is 12.7.